The summed E-state index contributed by atoms with van der Waals surface area (Å²) < 4.78 is 2.12. The quantitative estimate of drug-likeness (QED) is 0.458. The third-order valence-corrected chi connectivity index (χ3v) is 7.41. The Hall–Kier alpha value is -3.69. The molecular formula is C28H28N6. The maximum absolute atomic E-state index is 10.1. The van der Waals surface area contributed by atoms with Crippen LogP contribution in [-0.2, 0) is 0 Å². The summed E-state index contributed by atoms with van der Waals surface area (Å²) in [5.74, 6) is 1.47. The Morgan fingerprint density at radius 2 is 1.76 bits per heavy atom. The van der Waals surface area contributed by atoms with Gasteiger partial charge in [-0.05, 0) is 57.5 Å². The predicted molar refractivity (Wildman–Crippen MR) is 135 cm³/mol. The van der Waals surface area contributed by atoms with Gasteiger partial charge in [-0.15, -0.1) is 0 Å². The Morgan fingerprint density at radius 1 is 0.971 bits per heavy atom. The van der Waals surface area contributed by atoms with Gasteiger partial charge in [0.25, 0.3) is 0 Å². The lowest BCUT2D eigenvalue weighted by molar-refractivity contribution is 0.160. The van der Waals surface area contributed by atoms with Gasteiger partial charge in [-0.25, -0.2) is 9.67 Å². The number of pyridine rings is 1. The fourth-order valence-electron chi connectivity index (χ4n) is 5.50. The van der Waals surface area contributed by atoms with Crippen LogP contribution in [0.15, 0.2) is 60.7 Å². The molecule has 0 saturated carbocycles. The Labute approximate surface area is 199 Å². The molecule has 4 heterocycles. The van der Waals surface area contributed by atoms with E-state index in [0.717, 1.165) is 65.3 Å². The van der Waals surface area contributed by atoms with E-state index in [9.17, 15) is 5.26 Å². The first-order valence-corrected chi connectivity index (χ1v) is 12.1. The first kappa shape index (κ1) is 20.9. The predicted octanol–water partition coefficient (Wildman–Crippen LogP) is 5.34. The lowest BCUT2D eigenvalue weighted by atomic mass is 9.87. The molecule has 2 aromatic carbocycles. The summed E-state index contributed by atoms with van der Waals surface area (Å²) >= 11 is 0. The largest absolute Gasteiger partial charge is 0.369 e. The van der Waals surface area contributed by atoms with Crippen molar-refractivity contribution in [3.8, 4) is 28.6 Å². The highest BCUT2D eigenvalue weighted by Gasteiger charge is 2.33. The maximum Gasteiger partial charge on any atom is 0.143 e. The number of nitrogens with zero attached hydrogens (tertiary/aromatic N) is 5. The molecular weight excluding hydrogens is 420 g/mol. The molecule has 170 valence electrons. The number of aromatic nitrogens is 3. The van der Waals surface area contributed by atoms with Gasteiger partial charge in [-0.1, -0.05) is 48.5 Å². The highest BCUT2D eigenvalue weighted by Crippen LogP contribution is 2.40. The fraction of sp³-hybridized carbons (Fsp3) is 0.321. The first-order chi connectivity index (χ1) is 16.7. The van der Waals surface area contributed by atoms with Gasteiger partial charge in [0.1, 0.15) is 23.1 Å². The van der Waals surface area contributed by atoms with Gasteiger partial charge >= 0.3 is 0 Å². The molecule has 1 N–H and O–H groups in total. The van der Waals surface area contributed by atoms with Crippen molar-refractivity contribution in [2.24, 2.45) is 5.92 Å². The van der Waals surface area contributed by atoms with E-state index < -0.39 is 0 Å². The topological polar surface area (TPSA) is 69.8 Å². The van der Waals surface area contributed by atoms with Crippen molar-refractivity contribution in [2.75, 3.05) is 32.0 Å². The summed E-state index contributed by atoms with van der Waals surface area (Å²) in [5.41, 5.74) is 5.27. The molecule has 1 saturated heterocycles. The molecule has 1 atom stereocenters. The zero-order valence-corrected chi connectivity index (χ0v) is 19.4. The van der Waals surface area contributed by atoms with E-state index >= 15 is 0 Å². The van der Waals surface area contributed by atoms with Gasteiger partial charge in [0.15, 0.2) is 0 Å². The summed E-state index contributed by atoms with van der Waals surface area (Å²) in [5, 5.41) is 19.7. The molecule has 2 aromatic heterocycles. The third kappa shape index (κ3) is 3.63. The van der Waals surface area contributed by atoms with E-state index in [1.165, 1.54) is 12.8 Å². The number of hydrogen-bond acceptors (Lipinski definition) is 5. The lowest BCUT2D eigenvalue weighted by Gasteiger charge is -2.37. The van der Waals surface area contributed by atoms with Crippen LogP contribution in [-0.4, -0.2) is 46.3 Å². The van der Waals surface area contributed by atoms with E-state index in [1.54, 1.807) is 0 Å². The molecule has 2 aliphatic rings. The van der Waals surface area contributed by atoms with Gasteiger partial charge in [-0.3, -0.25) is 0 Å². The zero-order chi connectivity index (χ0) is 23.1. The molecule has 0 radical (unpaired) electrons. The number of nitrogens with one attached hydrogen (secondary N) is 1. The van der Waals surface area contributed by atoms with Gasteiger partial charge < -0.3 is 10.2 Å². The van der Waals surface area contributed by atoms with Crippen LogP contribution >= 0.6 is 0 Å². The van der Waals surface area contributed by atoms with Crippen LogP contribution in [0.1, 0.15) is 30.9 Å². The Kier molecular flexibility index (Phi) is 5.27. The molecule has 6 rings (SSSR count). The maximum atomic E-state index is 10.1. The fourth-order valence-corrected chi connectivity index (χ4v) is 5.50. The molecule has 6 heteroatoms. The van der Waals surface area contributed by atoms with Crippen molar-refractivity contribution in [3.05, 3.63) is 66.2 Å². The van der Waals surface area contributed by atoms with E-state index in [4.69, 9.17) is 10.1 Å². The number of likely N-dealkylation sites (tertiary alicyclic amines) is 1. The van der Waals surface area contributed by atoms with Gasteiger partial charge in [0, 0.05) is 23.1 Å². The molecule has 0 bridgehead atoms. The van der Waals surface area contributed by atoms with Gasteiger partial charge in [-0.2, -0.15) is 10.4 Å². The molecule has 0 aliphatic carbocycles. The first-order valence-electron chi connectivity index (χ1n) is 12.1. The van der Waals surface area contributed by atoms with Crippen LogP contribution in [0.25, 0.3) is 33.4 Å². The molecule has 1 unspecified atom stereocenters. The summed E-state index contributed by atoms with van der Waals surface area (Å²) in [6, 6.07) is 23.4. The number of fused-ring (bicyclic) bond motifs is 2. The van der Waals surface area contributed by atoms with E-state index in [1.807, 2.05) is 18.2 Å². The van der Waals surface area contributed by atoms with Crippen LogP contribution in [0, 0.1) is 17.2 Å². The Balaban J connectivity index is 1.41. The number of rotatable bonds is 3. The molecule has 0 amide bonds. The standard InChI is InChI=1S/C28H28N6/c1-33-15-12-21(13-16-33)26-11-14-30-28-23(18-29)27(32-34(26)28)22-8-7-20-9-10-24(31-25(20)17-22)19-5-3-2-4-6-19/h2-10,17,21,26,30H,11-16H2,1H3. The second-order valence-corrected chi connectivity index (χ2v) is 9.52. The van der Waals surface area contributed by atoms with Crippen molar-refractivity contribution < 1.29 is 0 Å². The summed E-state index contributed by atoms with van der Waals surface area (Å²) in [4.78, 5) is 7.33. The number of nitriles is 1. The minimum atomic E-state index is 0.342. The van der Waals surface area contributed by atoms with Crippen LogP contribution in [0.3, 0.4) is 0 Å². The van der Waals surface area contributed by atoms with Gasteiger partial charge in [0.2, 0.25) is 0 Å². The summed E-state index contributed by atoms with van der Waals surface area (Å²) in [7, 11) is 2.20. The molecule has 2 aliphatic heterocycles. The average Bonchev–Trinajstić information content (AvgIpc) is 3.28. The molecule has 1 fully saturated rings. The number of benzene rings is 2. The highest BCUT2D eigenvalue weighted by atomic mass is 15.4. The van der Waals surface area contributed by atoms with Crippen molar-refractivity contribution in [1.29, 1.82) is 5.26 Å². The third-order valence-electron chi connectivity index (χ3n) is 7.41. The van der Waals surface area contributed by atoms with Crippen molar-refractivity contribution in [2.45, 2.75) is 25.3 Å². The average molecular weight is 449 g/mol. The zero-order valence-electron chi connectivity index (χ0n) is 19.4. The van der Waals surface area contributed by atoms with E-state index in [0.29, 0.717) is 17.5 Å². The van der Waals surface area contributed by atoms with Crippen molar-refractivity contribution in [3.63, 3.8) is 0 Å². The molecule has 0 spiro atoms. The lowest BCUT2D eigenvalue weighted by Crippen LogP contribution is -2.37. The minimum absolute atomic E-state index is 0.342. The SMILES string of the molecule is CN1CCC(C2CCNc3c(C#N)c(-c4ccc5ccc(-c6ccccc6)nc5c4)nn32)CC1. The number of hydrogen-bond donors (Lipinski definition) is 1. The Morgan fingerprint density at radius 3 is 2.56 bits per heavy atom. The number of anilines is 1. The van der Waals surface area contributed by atoms with Crippen LogP contribution in [0.4, 0.5) is 5.82 Å². The molecule has 6 nitrogen and oxygen atoms in total. The molecule has 34 heavy (non-hydrogen) atoms. The Bertz CT molecular complexity index is 1380. The van der Waals surface area contributed by atoms with E-state index in [2.05, 4.69) is 70.5 Å². The second kappa shape index (κ2) is 8.58. The van der Waals surface area contributed by atoms with Crippen LogP contribution in [0.2, 0.25) is 0 Å². The summed E-state index contributed by atoms with van der Waals surface area (Å²) in [6.45, 7) is 3.14. The van der Waals surface area contributed by atoms with Gasteiger partial charge in [0.05, 0.1) is 17.3 Å². The smallest absolute Gasteiger partial charge is 0.143 e. The van der Waals surface area contributed by atoms with Crippen molar-refractivity contribution >= 4 is 16.7 Å². The monoisotopic (exact) mass is 448 g/mol. The molecule has 4 aromatic rings. The number of piperidine rings is 1. The second-order valence-electron chi connectivity index (χ2n) is 9.52. The van der Waals surface area contributed by atoms with Crippen molar-refractivity contribution in [1.82, 2.24) is 19.7 Å². The normalized spacial score (nSPS) is 18.9. The minimum Gasteiger partial charge on any atom is -0.369 e. The summed E-state index contributed by atoms with van der Waals surface area (Å²) in [6.07, 6.45) is 3.41. The van der Waals surface area contributed by atoms with Crippen LogP contribution < -0.4 is 5.32 Å². The highest BCUT2D eigenvalue weighted by molar-refractivity contribution is 5.87. The van der Waals surface area contributed by atoms with E-state index in [-0.39, 0.29) is 0 Å². The van der Waals surface area contributed by atoms with Crippen LogP contribution in [0.5, 0.6) is 0 Å².